The number of rotatable bonds is 6. The van der Waals surface area contributed by atoms with Crippen LogP contribution >= 0.6 is 11.3 Å². The summed E-state index contributed by atoms with van der Waals surface area (Å²) in [7, 11) is 3.38. The van der Waals surface area contributed by atoms with Crippen LogP contribution in [0.15, 0.2) is 6.20 Å². The molecule has 2 amide bonds. The maximum Gasteiger partial charge on any atom is 0.265 e. The molecule has 0 aliphatic carbocycles. The Morgan fingerprint density at radius 1 is 1.22 bits per heavy atom. The Balaban J connectivity index is 1.66. The van der Waals surface area contributed by atoms with Crippen LogP contribution in [0.3, 0.4) is 0 Å². The molecule has 0 spiro atoms. The van der Waals surface area contributed by atoms with Crippen LogP contribution in [0.25, 0.3) is 11.0 Å². The lowest BCUT2D eigenvalue weighted by molar-refractivity contribution is -0.116. The maximum atomic E-state index is 12.3. The number of hydrogen-bond donors (Lipinski definition) is 1. The summed E-state index contributed by atoms with van der Waals surface area (Å²) in [5, 5.41) is 12.1. The van der Waals surface area contributed by atoms with Crippen molar-refractivity contribution in [2.75, 3.05) is 19.4 Å². The van der Waals surface area contributed by atoms with Gasteiger partial charge in [0.2, 0.25) is 5.91 Å². The third-order valence-electron chi connectivity index (χ3n) is 4.21. The minimum Gasteiger partial charge on any atom is -0.344 e. The van der Waals surface area contributed by atoms with Gasteiger partial charge >= 0.3 is 0 Å². The molecule has 3 heterocycles. The van der Waals surface area contributed by atoms with Crippen LogP contribution in [0.1, 0.15) is 34.4 Å². The number of carbonyl (C=O) groups is 2. The van der Waals surface area contributed by atoms with Crippen molar-refractivity contribution in [2.45, 2.75) is 40.3 Å². The van der Waals surface area contributed by atoms with Crippen LogP contribution in [0, 0.1) is 13.8 Å². The SMILES string of the molecule is CCn1nc(C)c2c1cnn2CCC(=O)Nc1nc(C)c(C(=O)N(C)C)s1. The molecule has 0 atom stereocenters. The van der Waals surface area contributed by atoms with Crippen LogP contribution in [0.2, 0.25) is 0 Å². The second kappa shape index (κ2) is 7.47. The number of thiazole rings is 1. The van der Waals surface area contributed by atoms with E-state index < -0.39 is 0 Å². The number of hydrogen-bond acceptors (Lipinski definition) is 6. The number of aryl methyl sites for hydroxylation is 4. The van der Waals surface area contributed by atoms with E-state index in [9.17, 15) is 9.59 Å². The molecule has 0 radical (unpaired) electrons. The number of carbonyl (C=O) groups excluding carboxylic acids is 2. The molecule has 0 fully saturated rings. The number of amides is 2. The molecule has 3 rings (SSSR count). The Bertz CT molecular complexity index is 999. The normalized spacial score (nSPS) is 11.1. The highest BCUT2D eigenvalue weighted by molar-refractivity contribution is 7.17. The Kier molecular flexibility index (Phi) is 5.26. The minimum absolute atomic E-state index is 0.118. The Morgan fingerprint density at radius 3 is 2.63 bits per heavy atom. The first kappa shape index (κ1) is 19.0. The summed E-state index contributed by atoms with van der Waals surface area (Å²) in [4.78, 5) is 30.7. The quantitative estimate of drug-likeness (QED) is 0.696. The van der Waals surface area contributed by atoms with Gasteiger partial charge < -0.3 is 10.2 Å². The molecular formula is C17H23N7O2S. The zero-order valence-corrected chi connectivity index (χ0v) is 16.9. The highest BCUT2D eigenvalue weighted by Crippen LogP contribution is 2.24. The lowest BCUT2D eigenvalue weighted by atomic mass is 10.3. The van der Waals surface area contributed by atoms with Crippen LogP contribution in [0.5, 0.6) is 0 Å². The standard InChI is InChI=1S/C17H23N7O2S/c1-6-23-12-9-18-24(14(12)10(2)21-23)8-7-13(25)20-17-19-11(3)15(27-17)16(26)22(4)5/h9H,6-8H2,1-5H3,(H,19,20,25). The van der Waals surface area contributed by atoms with E-state index in [4.69, 9.17) is 0 Å². The molecule has 10 heteroatoms. The van der Waals surface area contributed by atoms with Gasteiger partial charge in [0, 0.05) is 27.1 Å². The first-order valence-corrected chi connectivity index (χ1v) is 9.51. The fourth-order valence-electron chi connectivity index (χ4n) is 2.87. The second-order valence-electron chi connectivity index (χ2n) is 6.43. The molecular weight excluding hydrogens is 366 g/mol. The van der Waals surface area contributed by atoms with Crippen molar-refractivity contribution < 1.29 is 9.59 Å². The molecule has 0 saturated heterocycles. The van der Waals surface area contributed by atoms with Crippen molar-refractivity contribution >= 4 is 39.3 Å². The number of fused-ring (bicyclic) bond motifs is 1. The van der Waals surface area contributed by atoms with E-state index in [0.29, 0.717) is 22.2 Å². The molecule has 144 valence electrons. The van der Waals surface area contributed by atoms with Gasteiger partial charge in [-0.25, -0.2) is 4.98 Å². The monoisotopic (exact) mass is 389 g/mol. The fourth-order valence-corrected chi connectivity index (χ4v) is 3.87. The first-order chi connectivity index (χ1) is 12.8. The van der Waals surface area contributed by atoms with E-state index in [1.165, 1.54) is 16.2 Å². The van der Waals surface area contributed by atoms with Crippen LogP contribution in [-0.4, -0.2) is 55.4 Å². The number of anilines is 1. The van der Waals surface area contributed by atoms with Gasteiger partial charge in [0.25, 0.3) is 5.91 Å². The average molecular weight is 389 g/mol. The summed E-state index contributed by atoms with van der Waals surface area (Å²) in [6, 6.07) is 0. The van der Waals surface area contributed by atoms with Crippen molar-refractivity contribution in [3.05, 3.63) is 22.5 Å². The molecule has 27 heavy (non-hydrogen) atoms. The minimum atomic E-state index is -0.170. The first-order valence-electron chi connectivity index (χ1n) is 8.69. The smallest absolute Gasteiger partial charge is 0.265 e. The Hall–Kier alpha value is -2.75. The Morgan fingerprint density at radius 2 is 1.96 bits per heavy atom. The summed E-state index contributed by atoms with van der Waals surface area (Å²) in [5.74, 6) is -0.287. The van der Waals surface area contributed by atoms with E-state index in [-0.39, 0.29) is 18.2 Å². The molecule has 9 nitrogen and oxygen atoms in total. The van der Waals surface area contributed by atoms with Crippen molar-refractivity contribution in [1.29, 1.82) is 0 Å². The molecule has 3 aromatic rings. The zero-order chi connectivity index (χ0) is 19.7. The predicted octanol–water partition coefficient (Wildman–Crippen LogP) is 2.06. The van der Waals surface area contributed by atoms with Gasteiger partial charge in [0.1, 0.15) is 15.9 Å². The van der Waals surface area contributed by atoms with Crippen LogP contribution in [0.4, 0.5) is 5.13 Å². The summed E-state index contributed by atoms with van der Waals surface area (Å²) < 4.78 is 3.70. The molecule has 3 aromatic heterocycles. The highest BCUT2D eigenvalue weighted by Gasteiger charge is 2.18. The van der Waals surface area contributed by atoms with Crippen LogP contribution in [-0.2, 0) is 17.9 Å². The molecule has 0 aliphatic heterocycles. The van der Waals surface area contributed by atoms with E-state index in [2.05, 4.69) is 20.5 Å². The van der Waals surface area contributed by atoms with Gasteiger partial charge in [-0.2, -0.15) is 10.2 Å². The third kappa shape index (κ3) is 3.70. The van der Waals surface area contributed by atoms with Gasteiger partial charge in [0.15, 0.2) is 5.13 Å². The highest BCUT2D eigenvalue weighted by atomic mass is 32.1. The van der Waals surface area contributed by atoms with E-state index >= 15 is 0 Å². The number of nitrogens with zero attached hydrogens (tertiary/aromatic N) is 6. The summed E-state index contributed by atoms with van der Waals surface area (Å²) in [5.41, 5.74) is 3.43. The van der Waals surface area contributed by atoms with E-state index in [1.54, 1.807) is 31.9 Å². The van der Waals surface area contributed by atoms with Crippen molar-refractivity contribution in [3.63, 3.8) is 0 Å². The van der Waals surface area contributed by atoms with Crippen molar-refractivity contribution in [3.8, 4) is 0 Å². The van der Waals surface area contributed by atoms with Gasteiger partial charge in [-0.05, 0) is 20.8 Å². The lowest BCUT2D eigenvalue weighted by Crippen LogP contribution is -2.21. The summed E-state index contributed by atoms with van der Waals surface area (Å²) in [6.45, 7) is 6.95. The summed E-state index contributed by atoms with van der Waals surface area (Å²) in [6.07, 6.45) is 2.03. The third-order valence-corrected chi connectivity index (χ3v) is 5.27. The van der Waals surface area contributed by atoms with Crippen molar-refractivity contribution in [1.82, 2.24) is 29.4 Å². The number of aromatic nitrogens is 5. The molecule has 0 unspecified atom stereocenters. The van der Waals surface area contributed by atoms with E-state index in [1.807, 2.05) is 18.5 Å². The second-order valence-corrected chi connectivity index (χ2v) is 7.43. The van der Waals surface area contributed by atoms with E-state index in [0.717, 1.165) is 23.3 Å². The van der Waals surface area contributed by atoms with Gasteiger partial charge in [0.05, 0.1) is 24.1 Å². The van der Waals surface area contributed by atoms with Crippen LogP contribution < -0.4 is 5.32 Å². The average Bonchev–Trinajstić information content (AvgIpc) is 3.28. The fraction of sp³-hybridized carbons (Fsp3) is 0.471. The number of nitrogens with one attached hydrogen (secondary N) is 1. The maximum absolute atomic E-state index is 12.3. The lowest BCUT2D eigenvalue weighted by Gasteiger charge is -2.07. The van der Waals surface area contributed by atoms with Crippen molar-refractivity contribution in [2.24, 2.45) is 0 Å². The van der Waals surface area contributed by atoms with Gasteiger partial charge in [-0.1, -0.05) is 11.3 Å². The van der Waals surface area contributed by atoms with Gasteiger partial charge in [-0.3, -0.25) is 19.0 Å². The largest absolute Gasteiger partial charge is 0.344 e. The van der Waals surface area contributed by atoms with Gasteiger partial charge in [-0.15, -0.1) is 0 Å². The molecule has 0 aromatic carbocycles. The molecule has 0 bridgehead atoms. The summed E-state index contributed by atoms with van der Waals surface area (Å²) >= 11 is 1.19. The zero-order valence-electron chi connectivity index (χ0n) is 16.1. The molecule has 1 N–H and O–H groups in total. The topological polar surface area (TPSA) is 97.9 Å². The Labute approximate surface area is 161 Å². The predicted molar refractivity (Wildman–Crippen MR) is 104 cm³/mol. The molecule has 0 aliphatic rings. The molecule has 0 saturated carbocycles.